The van der Waals surface area contributed by atoms with Gasteiger partial charge in [-0.05, 0) is 56.3 Å². The Morgan fingerprint density at radius 2 is 1.61 bits per heavy atom. The van der Waals surface area contributed by atoms with E-state index in [-0.39, 0.29) is 10.8 Å². The zero-order valence-electron chi connectivity index (χ0n) is 17.8. The van der Waals surface area contributed by atoms with Crippen LogP contribution in [0.4, 0.5) is 5.69 Å². The van der Waals surface area contributed by atoms with Gasteiger partial charge in [-0.2, -0.15) is 0 Å². The summed E-state index contributed by atoms with van der Waals surface area (Å²) in [6.45, 7) is 4.76. The van der Waals surface area contributed by atoms with Crippen LogP contribution in [0.1, 0.15) is 28.4 Å². The van der Waals surface area contributed by atoms with Gasteiger partial charge in [-0.3, -0.25) is 9.52 Å². The van der Waals surface area contributed by atoms with Crippen molar-refractivity contribution >= 4 is 21.6 Å². The van der Waals surface area contributed by atoms with E-state index in [0.717, 1.165) is 16.9 Å². The Hall–Kier alpha value is -3.32. The second-order valence-electron chi connectivity index (χ2n) is 7.20. The summed E-state index contributed by atoms with van der Waals surface area (Å²) in [5, 5.41) is 0. The summed E-state index contributed by atoms with van der Waals surface area (Å²) in [4.78, 5) is 14.6. The Balaban J connectivity index is 1.69. The molecule has 0 aliphatic carbocycles. The number of aryl methyl sites for hydroxylation is 1. The predicted octanol–water partition coefficient (Wildman–Crippen LogP) is 4.47. The normalized spacial score (nSPS) is 11.1. The minimum atomic E-state index is -3.69. The Morgan fingerprint density at radius 3 is 2.26 bits per heavy atom. The molecular weight excluding hydrogens is 412 g/mol. The van der Waals surface area contributed by atoms with Crippen LogP contribution in [-0.4, -0.2) is 32.9 Å². The van der Waals surface area contributed by atoms with Gasteiger partial charge in [0.05, 0.1) is 11.5 Å². The molecule has 7 heteroatoms. The van der Waals surface area contributed by atoms with Crippen LogP contribution >= 0.6 is 0 Å². The molecule has 0 bridgehead atoms. The first kappa shape index (κ1) is 22.4. The highest BCUT2D eigenvalue weighted by Crippen LogP contribution is 2.21. The van der Waals surface area contributed by atoms with E-state index in [1.807, 2.05) is 38.1 Å². The minimum Gasteiger partial charge on any atom is -0.494 e. The number of amides is 1. The lowest BCUT2D eigenvalue weighted by Gasteiger charge is -2.19. The van der Waals surface area contributed by atoms with Crippen LogP contribution in [0.15, 0.2) is 77.7 Å². The zero-order valence-corrected chi connectivity index (χ0v) is 18.6. The molecule has 3 aromatic carbocycles. The zero-order chi connectivity index (χ0) is 22.4. The summed E-state index contributed by atoms with van der Waals surface area (Å²) in [5.41, 5.74) is 2.76. The molecule has 1 amide bonds. The van der Waals surface area contributed by atoms with Gasteiger partial charge in [0.25, 0.3) is 15.9 Å². The number of nitrogens with zero attached hydrogens (tertiary/aromatic N) is 1. The smallest absolute Gasteiger partial charge is 0.261 e. The number of carbonyl (C=O) groups is 1. The van der Waals surface area contributed by atoms with Crippen LogP contribution in [0.5, 0.6) is 5.75 Å². The Labute approximate surface area is 183 Å². The third-order valence-corrected chi connectivity index (χ3v) is 6.14. The first-order chi connectivity index (χ1) is 14.8. The number of ether oxygens (including phenoxy) is 1. The number of anilines is 1. The van der Waals surface area contributed by atoms with Gasteiger partial charge < -0.3 is 9.64 Å². The van der Waals surface area contributed by atoms with Crippen LogP contribution in [-0.2, 0) is 16.6 Å². The van der Waals surface area contributed by atoms with Gasteiger partial charge in [0.2, 0.25) is 0 Å². The minimum absolute atomic E-state index is 0.167. The molecule has 0 aliphatic rings. The molecule has 0 saturated carbocycles. The standard InChI is InChI=1S/C24H26N2O4S/c1-4-30-23-8-6-5-7-20(23)17-26(3)24(27)19-11-13-21(14-12-19)25-31(28,29)22-15-9-18(2)10-16-22/h5-16,25H,4,17H2,1-3H3. The maximum absolute atomic E-state index is 12.8. The van der Waals surface area contributed by atoms with E-state index in [1.165, 1.54) is 0 Å². The Kier molecular flexibility index (Phi) is 6.97. The second kappa shape index (κ2) is 9.66. The number of carbonyl (C=O) groups excluding carboxylic acids is 1. The number of rotatable bonds is 8. The van der Waals surface area contributed by atoms with E-state index in [1.54, 1.807) is 60.5 Å². The molecule has 0 saturated heterocycles. The summed E-state index contributed by atoms with van der Waals surface area (Å²) in [7, 11) is -1.97. The SMILES string of the molecule is CCOc1ccccc1CN(C)C(=O)c1ccc(NS(=O)(=O)c2ccc(C)cc2)cc1. The summed E-state index contributed by atoms with van der Waals surface area (Å²) < 4.78 is 33.2. The molecule has 31 heavy (non-hydrogen) atoms. The Bertz CT molecular complexity index is 1140. The Morgan fingerprint density at radius 1 is 0.968 bits per heavy atom. The predicted molar refractivity (Wildman–Crippen MR) is 122 cm³/mol. The lowest BCUT2D eigenvalue weighted by atomic mass is 10.1. The number of hydrogen-bond donors (Lipinski definition) is 1. The molecular formula is C24H26N2O4S. The molecule has 0 unspecified atom stereocenters. The van der Waals surface area contributed by atoms with Crippen molar-refractivity contribution in [2.45, 2.75) is 25.3 Å². The quantitative estimate of drug-likeness (QED) is 0.563. The fourth-order valence-corrected chi connectivity index (χ4v) is 4.15. The van der Waals surface area contributed by atoms with Gasteiger partial charge in [0.15, 0.2) is 0 Å². The number of nitrogens with one attached hydrogen (secondary N) is 1. The van der Waals surface area contributed by atoms with Crippen molar-refractivity contribution in [1.82, 2.24) is 4.90 Å². The number of sulfonamides is 1. The molecule has 6 nitrogen and oxygen atoms in total. The van der Waals surface area contributed by atoms with E-state index < -0.39 is 10.0 Å². The third-order valence-electron chi connectivity index (χ3n) is 4.74. The molecule has 0 radical (unpaired) electrons. The molecule has 162 valence electrons. The van der Waals surface area contributed by atoms with Crippen LogP contribution < -0.4 is 9.46 Å². The van der Waals surface area contributed by atoms with Gasteiger partial charge in [0, 0.05) is 30.4 Å². The van der Waals surface area contributed by atoms with Crippen LogP contribution in [0.3, 0.4) is 0 Å². The van der Waals surface area contributed by atoms with Crippen molar-refractivity contribution in [3.63, 3.8) is 0 Å². The lowest BCUT2D eigenvalue weighted by molar-refractivity contribution is 0.0784. The molecule has 3 aromatic rings. The topological polar surface area (TPSA) is 75.7 Å². The van der Waals surface area contributed by atoms with Crippen molar-refractivity contribution < 1.29 is 17.9 Å². The van der Waals surface area contributed by atoms with Crippen LogP contribution in [0.2, 0.25) is 0 Å². The highest BCUT2D eigenvalue weighted by atomic mass is 32.2. The second-order valence-corrected chi connectivity index (χ2v) is 8.88. The summed E-state index contributed by atoms with van der Waals surface area (Å²) in [6, 6.07) is 20.6. The van der Waals surface area contributed by atoms with E-state index in [4.69, 9.17) is 4.74 Å². The summed E-state index contributed by atoms with van der Waals surface area (Å²) in [6.07, 6.45) is 0. The van der Waals surface area contributed by atoms with Gasteiger partial charge in [-0.25, -0.2) is 8.42 Å². The number of hydrogen-bond acceptors (Lipinski definition) is 4. The molecule has 0 fully saturated rings. The van der Waals surface area contributed by atoms with Gasteiger partial charge in [0.1, 0.15) is 5.75 Å². The van der Waals surface area contributed by atoms with Crippen LogP contribution in [0.25, 0.3) is 0 Å². The molecule has 1 N–H and O–H groups in total. The summed E-state index contributed by atoms with van der Waals surface area (Å²) in [5.74, 6) is 0.588. The fourth-order valence-electron chi connectivity index (χ4n) is 3.09. The number of para-hydroxylation sites is 1. The average molecular weight is 439 g/mol. The molecule has 0 aromatic heterocycles. The maximum atomic E-state index is 12.8. The van der Waals surface area contributed by atoms with Crippen molar-refractivity contribution in [2.24, 2.45) is 0 Å². The molecule has 0 spiro atoms. The van der Waals surface area contributed by atoms with Crippen molar-refractivity contribution in [3.8, 4) is 5.75 Å². The highest BCUT2D eigenvalue weighted by Gasteiger charge is 2.16. The molecule has 3 rings (SSSR count). The summed E-state index contributed by atoms with van der Waals surface area (Å²) >= 11 is 0. The van der Waals surface area contributed by atoms with Crippen LogP contribution in [0, 0.1) is 6.92 Å². The lowest BCUT2D eigenvalue weighted by Crippen LogP contribution is -2.26. The average Bonchev–Trinajstić information content (AvgIpc) is 2.75. The molecule has 0 heterocycles. The third kappa shape index (κ3) is 5.64. The van der Waals surface area contributed by atoms with Gasteiger partial charge in [-0.15, -0.1) is 0 Å². The molecule has 0 atom stereocenters. The fraction of sp³-hybridized carbons (Fsp3) is 0.208. The van der Waals surface area contributed by atoms with Crippen molar-refractivity contribution in [2.75, 3.05) is 18.4 Å². The molecule has 0 aliphatic heterocycles. The number of benzene rings is 3. The maximum Gasteiger partial charge on any atom is 0.261 e. The van der Waals surface area contributed by atoms with E-state index in [9.17, 15) is 13.2 Å². The van der Waals surface area contributed by atoms with E-state index >= 15 is 0 Å². The van der Waals surface area contributed by atoms with Crippen molar-refractivity contribution in [1.29, 1.82) is 0 Å². The van der Waals surface area contributed by atoms with E-state index in [2.05, 4.69) is 4.72 Å². The largest absolute Gasteiger partial charge is 0.494 e. The highest BCUT2D eigenvalue weighted by molar-refractivity contribution is 7.92. The first-order valence-electron chi connectivity index (χ1n) is 9.96. The van der Waals surface area contributed by atoms with Gasteiger partial charge in [-0.1, -0.05) is 35.9 Å². The van der Waals surface area contributed by atoms with Crippen molar-refractivity contribution in [3.05, 3.63) is 89.5 Å². The monoisotopic (exact) mass is 438 g/mol. The van der Waals surface area contributed by atoms with Gasteiger partial charge >= 0.3 is 0 Å². The first-order valence-corrected chi connectivity index (χ1v) is 11.4. The van der Waals surface area contributed by atoms with E-state index in [0.29, 0.717) is 24.4 Å².